The van der Waals surface area contributed by atoms with Crippen molar-refractivity contribution in [2.75, 3.05) is 19.4 Å². The molecule has 0 bridgehead atoms. The van der Waals surface area contributed by atoms with Crippen LogP contribution in [0.4, 0.5) is 0 Å². The first-order chi connectivity index (χ1) is 7.67. The highest BCUT2D eigenvalue weighted by Gasteiger charge is 2.12. The Hall–Kier alpha value is -1.00. The van der Waals surface area contributed by atoms with E-state index in [1.165, 1.54) is 24.4 Å². The molecule has 16 heavy (non-hydrogen) atoms. The van der Waals surface area contributed by atoms with Crippen molar-refractivity contribution in [2.24, 2.45) is 5.73 Å². The molecule has 0 radical (unpaired) electrons. The Morgan fingerprint density at radius 2 is 2.31 bits per heavy atom. The standard InChI is InChI=1S/C12H17NO2S/c1-9-4-3-5-10(6-9)11(7-13)16-8-12(14)15-2/h3-6,11H,7-8,13H2,1-2H3. The van der Waals surface area contributed by atoms with Gasteiger partial charge in [0.25, 0.3) is 0 Å². The van der Waals surface area contributed by atoms with Crippen molar-refractivity contribution in [2.45, 2.75) is 12.2 Å². The van der Waals surface area contributed by atoms with E-state index >= 15 is 0 Å². The molecule has 4 heteroatoms. The number of ether oxygens (including phenoxy) is 1. The van der Waals surface area contributed by atoms with E-state index in [2.05, 4.69) is 10.8 Å². The Balaban J connectivity index is 2.64. The van der Waals surface area contributed by atoms with E-state index in [0.717, 1.165) is 5.56 Å². The van der Waals surface area contributed by atoms with E-state index in [-0.39, 0.29) is 11.2 Å². The van der Waals surface area contributed by atoms with Gasteiger partial charge in [0.15, 0.2) is 0 Å². The number of nitrogens with two attached hydrogens (primary N) is 1. The number of methoxy groups -OCH3 is 1. The summed E-state index contributed by atoms with van der Waals surface area (Å²) in [5.41, 5.74) is 8.08. The van der Waals surface area contributed by atoms with Gasteiger partial charge in [0.2, 0.25) is 0 Å². The number of thioether (sulfide) groups is 1. The second-order valence-corrected chi connectivity index (χ2v) is 4.72. The summed E-state index contributed by atoms with van der Waals surface area (Å²) in [5, 5.41) is 0.152. The van der Waals surface area contributed by atoms with Gasteiger partial charge in [0.1, 0.15) is 0 Å². The first-order valence-electron chi connectivity index (χ1n) is 5.12. The monoisotopic (exact) mass is 239 g/mol. The van der Waals surface area contributed by atoms with E-state index in [4.69, 9.17) is 5.73 Å². The second-order valence-electron chi connectivity index (χ2n) is 3.53. The zero-order valence-electron chi connectivity index (χ0n) is 9.60. The largest absolute Gasteiger partial charge is 0.468 e. The summed E-state index contributed by atoms with van der Waals surface area (Å²) in [5.74, 6) is 0.128. The smallest absolute Gasteiger partial charge is 0.315 e. The summed E-state index contributed by atoms with van der Waals surface area (Å²) < 4.78 is 4.60. The fourth-order valence-electron chi connectivity index (χ4n) is 1.40. The Morgan fingerprint density at radius 1 is 1.56 bits per heavy atom. The summed E-state index contributed by atoms with van der Waals surface area (Å²) in [4.78, 5) is 11.0. The lowest BCUT2D eigenvalue weighted by atomic mass is 10.1. The first kappa shape index (κ1) is 13.1. The summed E-state index contributed by atoms with van der Waals surface area (Å²) in [6.45, 7) is 2.56. The molecule has 0 saturated heterocycles. The molecular formula is C12H17NO2S. The normalized spacial score (nSPS) is 12.2. The minimum atomic E-state index is -0.212. The Morgan fingerprint density at radius 3 is 2.88 bits per heavy atom. The van der Waals surface area contributed by atoms with Gasteiger partial charge in [-0.25, -0.2) is 0 Å². The van der Waals surface area contributed by atoms with Crippen molar-refractivity contribution in [3.63, 3.8) is 0 Å². The number of esters is 1. The molecule has 1 aromatic carbocycles. The SMILES string of the molecule is COC(=O)CSC(CN)c1cccc(C)c1. The van der Waals surface area contributed by atoms with Gasteiger partial charge in [-0.1, -0.05) is 29.8 Å². The molecule has 0 aromatic heterocycles. The number of carbonyl (C=O) groups excluding carboxylic acids is 1. The minimum absolute atomic E-state index is 0.152. The average Bonchev–Trinajstić information content (AvgIpc) is 2.29. The molecule has 2 N–H and O–H groups in total. The summed E-state index contributed by atoms with van der Waals surface area (Å²) in [6, 6.07) is 8.19. The first-order valence-corrected chi connectivity index (χ1v) is 6.17. The van der Waals surface area contributed by atoms with Gasteiger partial charge in [-0.2, -0.15) is 0 Å². The van der Waals surface area contributed by atoms with E-state index < -0.39 is 0 Å². The molecule has 0 amide bonds. The molecule has 1 rings (SSSR count). The van der Waals surface area contributed by atoms with Gasteiger partial charge < -0.3 is 10.5 Å². The van der Waals surface area contributed by atoms with Crippen LogP contribution in [0.15, 0.2) is 24.3 Å². The maximum atomic E-state index is 11.0. The number of carbonyl (C=O) groups is 1. The Kier molecular flexibility index (Phi) is 5.35. The molecule has 0 fully saturated rings. The Labute approximate surface area is 100 Å². The van der Waals surface area contributed by atoms with Crippen molar-refractivity contribution in [1.82, 2.24) is 0 Å². The molecule has 0 aliphatic rings. The van der Waals surface area contributed by atoms with Gasteiger partial charge >= 0.3 is 5.97 Å². The van der Waals surface area contributed by atoms with Crippen molar-refractivity contribution >= 4 is 17.7 Å². The topological polar surface area (TPSA) is 52.3 Å². The lowest BCUT2D eigenvalue weighted by molar-refractivity contribution is -0.137. The van der Waals surface area contributed by atoms with E-state index in [1.54, 1.807) is 0 Å². The van der Waals surface area contributed by atoms with Crippen LogP contribution in [0.25, 0.3) is 0 Å². The van der Waals surface area contributed by atoms with Crippen LogP contribution in [-0.2, 0) is 9.53 Å². The third-order valence-electron chi connectivity index (χ3n) is 2.26. The fraction of sp³-hybridized carbons (Fsp3) is 0.417. The highest BCUT2D eigenvalue weighted by molar-refractivity contribution is 8.00. The van der Waals surface area contributed by atoms with E-state index in [9.17, 15) is 4.79 Å². The number of benzene rings is 1. The van der Waals surface area contributed by atoms with Gasteiger partial charge in [-0.3, -0.25) is 4.79 Å². The number of rotatable bonds is 5. The maximum Gasteiger partial charge on any atom is 0.315 e. The van der Waals surface area contributed by atoms with Gasteiger partial charge in [0, 0.05) is 11.8 Å². The van der Waals surface area contributed by atoms with E-state index in [0.29, 0.717) is 12.3 Å². The lowest BCUT2D eigenvalue weighted by Crippen LogP contribution is -2.13. The number of hydrogen-bond acceptors (Lipinski definition) is 4. The predicted molar refractivity (Wildman–Crippen MR) is 67.4 cm³/mol. The predicted octanol–water partition coefficient (Wildman–Crippen LogP) is 1.90. The van der Waals surface area contributed by atoms with Crippen LogP contribution in [0.2, 0.25) is 0 Å². The maximum absolute atomic E-state index is 11.0. The van der Waals surface area contributed by atoms with E-state index in [1.807, 2.05) is 25.1 Å². The molecule has 3 nitrogen and oxygen atoms in total. The molecule has 0 heterocycles. The minimum Gasteiger partial charge on any atom is -0.468 e. The van der Waals surface area contributed by atoms with Crippen LogP contribution in [0.5, 0.6) is 0 Å². The quantitative estimate of drug-likeness (QED) is 0.797. The molecule has 0 spiro atoms. The molecule has 1 unspecified atom stereocenters. The van der Waals surface area contributed by atoms with Crippen LogP contribution >= 0.6 is 11.8 Å². The van der Waals surface area contributed by atoms with Crippen molar-refractivity contribution in [3.8, 4) is 0 Å². The molecule has 1 aromatic rings. The molecule has 0 aliphatic heterocycles. The van der Waals surface area contributed by atoms with Crippen molar-refractivity contribution in [3.05, 3.63) is 35.4 Å². The van der Waals surface area contributed by atoms with Gasteiger partial charge in [0.05, 0.1) is 12.9 Å². The van der Waals surface area contributed by atoms with Crippen LogP contribution in [0, 0.1) is 6.92 Å². The summed E-state index contributed by atoms with van der Waals surface area (Å²) in [6.07, 6.45) is 0. The molecule has 0 saturated carbocycles. The third kappa shape index (κ3) is 3.87. The fourth-order valence-corrected chi connectivity index (χ4v) is 2.33. The van der Waals surface area contributed by atoms with Crippen LogP contribution in [0.1, 0.15) is 16.4 Å². The average molecular weight is 239 g/mol. The molecule has 0 aliphatic carbocycles. The highest BCUT2D eigenvalue weighted by Crippen LogP contribution is 2.28. The third-order valence-corrected chi connectivity index (χ3v) is 3.53. The number of hydrogen-bond donors (Lipinski definition) is 1. The van der Waals surface area contributed by atoms with Crippen molar-refractivity contribution in [1.29, 1.82) is 0 Å². The van der Waals surface area contributed by atoms with Gasteiger partial charge in [-0.05, 0) is 12.5 Å². The van der Waals surface area contributed by atoms with Crippen molar-refractivity contribution < 1.29 is 9.53 Å². The van der Waals surface area contributed by atoms with Crippen LogP contribution in [0.3, 0.4) is 0 Å². The lowest BCUT2D eigenvalue weighted by Gasteiger charge is -2.14. The number of aryl methyl sites for hydroxylation is 1. The van der Waals surface area contributed by atoms with Crippen LogP contribution < -0.4 is 5.73 Å². The zero-order valence-corrected chi connectivity index (χ0v) is 10.4. The molecule has 88 valence electrons. The Bertz CT molecular complexity index is 355. The summed E-state index contributed by atoms with van der Waals surface area (Å²) in [7, 11) is 1.40. The summed E-state index contributed by atoms with van der Waals surface area (Å²) >= 11 is 1.52. The second kappa shape index (κ2) is 6.55. The molecule has 1 atom stereocenters. The highest BCUT2D eigenvalue weighted by atomic mass is 32.2. The van der Waals surface area contributed by atoms with Crippen LogP contribution in [-0.4, -0.2) is 25.4 Å². The van der Waals surface area contributed by atoms with Gasteiger partial charge in [-0.15, -0.1) is 11.8 Å². The zero-order chi connectivity index (χ0) is 12.0. The molecular weight excluding hydrogens is 222 g/mol.